The molecule has 0 bridgehead atoms. The lowest BCUT2D eigenvalue weighted by Crippen LogP contribution is -2.36. The van der Waals surface area contributed by atoms with E-state index in [0.717, 1.165) is 12.4 Å². The first-order valence-electron chi connectivity index (χ1n) is 7.41. The van der Waals surface area contributed by atoms with Crippen molar-refractivity contribution in [1.82, 2.24) is 24.4 Å². The van der Waals surface area contributed by atoms with Crippen LogP contribution in [0.3, 0.4) is 0 Å². The smallest absolute Gasteiger partial charge is 0.274 e. The van der Waals surface area contributed by atoms with Gasteiger partial charge in [-0.2, -0.15) is 0 Å². The molecule has 22 heavy (non-hydrogen) atoms. The third-order valence-electron chi connectivity index (χ3n) is 3.69. The Balaban J connectivity index is 1.82. The van der Waals surface area contributed by atoms with Crippen LogP contribution in [-0.2, 0) is 17.8 Å². The molecule has 1 aliphatic heterocycles. The van der Waals surface area contributed by atoms with Gasteiger partial charge in [0.15, 0.2) is 0 Å². The molecule has 0 radical (unpaired) electrons. The van der Waals surface area contributed by atoms with Crippen molar-refractivity contribution in [1.29, 1.82) is 0 Å². The van der Waals surface area contributed by atoms with Crippen LogP contribution in [0.4, 0.5) is 0 Å². The third-order valence-corrected chi connectivity index (χ3v) is 3.69. The lowest BCUT2D eigenvalue weighted by atomic mass is 10.1. The number of rotatable bonds is 4. The Morgan fingerprint density at radius 2 is 2.23 bits per heavy atom. The second kappa shape index (κ2) is 6.65. The zero-order chi connectivity index (χ0) is 15.4. The molecule has 1 amide bonds. The van der Waals surface area contributed by atoms with Crippen LogP contribution in [0.25, 0.3) is 0 Å². The molecular formula is C15H19N5O2. The Bertz CT molecular complexity index is 628. The van der Waals surface area contributed by atoms with E-state index in [-0.39, 0.29) is 11.8 Å². The lowest BCUT2D eigenvalue weighted by Gasteiger charge is -2.23. The molecule has 2 aromatic heterocycles. The summed E-state index contributed by atoms with van der Waals surface area (Å²) < 4.78 is 7.65. The van der Waals surface area contributed by atoms with E-state index in [4.69, 9.17) is 4.74 Å². The van der Waals surface area contributed by atoms with E-state index in [1.54, 1.807) is 17.3 Å². The summed E-state index contributed by atoms with van der Waals surface area (Å²) in [6.07, 6.45) is 8.30. The van der Waals surface area contributed by atoms with Gasteiger partial charge in [0, 0.05) is 50.4 Å². The van der Waals surface area contributed by atoms with Gasteiger partial charge < -0.3 is 14.2 Å². The maximum absolute atomic E-state index is 12.6. The molecule has 7 nitrogen and oxygen atoms in total. The number of hydrogen-bond acceptors (Lipinski definition) is 5. The van der Waals surface area contributed by atoms with Gasteiger partial charge >= 0.3 is 0 Å². The first kappa shape index (κ1) is 14.6. The van der Waals surface area contributed by atoms with Crippen LogP contribution in [0, 0.1) is 5.92 Å². The average Bonchev–Trinajstić information content (AvgIpc) is 2.91. The van der Waals surface area contributed by atoms with Crippen LogP contribution < -0.4 is 0 Å². The van der Waals surface area contributed by atoms with E-state index < -0.39 is 0 Å². The van der Waals surface area contributed by atoms with Crippen LogP contribution in [-0.4, -0.2) is 50.1 Å². The molecule has 1 aliphatic rings. The minimum Gasteiger partial charge on any atom is -0.381 e. The van der Waals surface area contributed by atoms with Crippen LogP contribution >= 0.6 is 0 Å². The SMILES string of the molecule is CCOC[C@@H]1CN(C(=O)c2cnccn2)Cc2nccn2C1. The molecule has 2 aromatic rings. The number of imidazole rings is 1. The van der Waals surface area contributed by atoms with Gasteiger partial charge in [0.05, 0.1) is 19.3 Å². The topological polar surface area (TPSA) is 73.1 Å². The largest absolute Gasteiger partial charge is 0.381 e. The number of nitrogens with zero attached hydrogens (tertiary/aromatic N) is 5. The number of hydrogen-bond donors (Lipinski definition) is 0. The van der Waals surface area contributed by atoms with Gasteiger partial charge in [-0.05, 0) is 6.92 Å². The van der Waals surface area contributed by atoms with Crippen LogP contribution in [0.15, 0.2) is 31.0 Å². The zero-order valence-corrected chi connectivity index (χ0v) is 12.6. The Morgan fingerprint density at radius 3 is 3.00 bits per heavy atom. The highest BCUT2D eigenvalue weighted by Gasteiger charge is 2.27. The molecule has 0 saturated carbocycles. The molecule has 0 unspecified atom stereocenters. The van der Waals surface area contributed by atoms with E-state index in [1.165, 1.54) is 12.4 Å². The summed E-state index contributed by atoms with van der Waals surface area (Å²) in [5.74, 6) is 0.998. The zero-order valence-electron chi connectivity index (χ0n) is 12.6. The molecule has 0 aromatic carbocycles. The van der Waals surface area contributed by atoms with Gasteiger partial charge in [0.1, 0.15) is 11.5 Å². The summed E-state index contributed by atoms with van der Waals surface area (Å²) in [7, 11) is 0. The van der Waals surface area contributed by atoms with Crippen LogP contribution in [0.2, 0.25) is 0 Å². The summed E-state index contributed by atoms with van der Waals surface area (Å²) >= 11 is 0. The third kappa shape index (κ3) is 3.14. The van der Waals surface area contributed by atoms with Crippen molar-refractivity contribution in [3.8, 4) is 0 Å². The molecular weight excluding hydrogens is 282 g/mol. The van der Waals surface area contributed by atoms with Gasteiger partial charge in [-0.25, -0.2) is 9.97 Å². The fourth-order valence-corrected chi connectivity index (χ4v) is 2.66. The predicted octanol–water partition coefficient (Wildman–Crippen LogP) is 0.982. The fraction of sp³-hybridized carbons (Fsp3) is 0.467. The minimum atomic E-state index is -0.119. The highest BCUT2D eigenvalue weighted by molar-refractivity contribution is 5.91. The summed E-state index contributed by atoms with van der Waals surface area (Å²) in [6, 6.07) is 0. The molecule has 3 heterocycles. The first-order valence-corrected chi connectivity index (χ1v) is 7.41. The van der Waals surface area contributed by atoms with Crippen molar-refractivity contribution in [2.24, 2.45) is 5.92 Å². The molecule has 0 saturated heterocycles. The Morgan fingerprint density at radius 1 is 1.32 bits per heavy atom. The van der Waals surface area contributed by atoms with Gasteiger partial charge in [-0.15, -0.1) is 0 Å². The lowest BCUT2D eigenvalue weighted by molar-refractivity contribution is 0.0613. The molecule has 0 aliphatic carbocycles. The highest BCUT2D eigenvalue weighted by Crippen LogP contribution is 2.17. The number of amides is 1. The summed E-state index contributed by atoms with van der Waals surface area (Å²) in [6.45, 7) is 5.18. The minimum absolute atomic E-state index is 0.119. The molecule has 0 N–H and O–H groups in total. The van der Waals surface area contributed by atoms with Crippen molar-refractivity contribution in [2.45, 2.75) is 20.0 Å². The molecule has 116 valence electrons. The van der Waals surface area contributed by atoms with Crippen LogP contribution in [0.5, 0.6) is 0 Å². The number of fused-ring (bicyclic) bond motifs is 1. The summed E-state index contributed by atoms with van der Waals surface area (Å²) in [4.78, 5) is 26.9. The van der Waals surface area contributed by atoms with E-state index in [2.05, 4.69) is 19.5 Å². The second-order valence-corrected chi connectivity index (χ2v) is 5.30. The quantitative estimate of drug-likeness (QED) is 0.841. The van der Waals surface area contributed by atoms with E-state index >= 15 is 0 Å². The second-order valence-electron chi connectivity index (χ2n) is 5.30. The number of aromatic nitrogens is 4. The molecule has 0 fully saturated rings. The van der Waals surface area contributed by atoms with Crippen LogP contribution in [0.1, 0.15) is 23.2 Å². The summed E-state index contributed by atoms with van der Waals surface area (Å²) in [5.41, 5.74) is 0.359. The van der Waals surface area contributed by atoms with Gasteiger partial charge in [-0.1, -0.05) is 0 Å². The number of carbonyl (C=O) groups excluding carboxylic acids is 1. The van der Waals surface area contributed by atoms with Crippen molar-refractivity contribution < 1.29 is 9.53 Å². The molecule has 1 atom stereocenters. The van der Waals surface area contributed by atoms with Gasteiger partial charge in [-0.3, -0.25) is 9.78 Å². The first-order chi connectivity index (χ1) is 10.8. The average molecular weight is 301 g/mol. The standard InChI is InChI=1S/C15H19N5O2/c1-2-22-11-12-8-19-6-5-18-14(19)10-20(9-12)15(21)13-7-16-3-4-17-13/h3-7,12H,2,8-11H2,1H3/t12-/m0/s1. The fourth-order valence-electron chi connectivity index (χ4n) is 2.66. The Kier molecular flexibility index (Phi) is 4.43. The predicted molar refractivity (Wildman–Crippen MR) is 79.0 cm³/mol. The highest BCUT2D eigenvalue weighted by atomic mass is 16.5. The monoisotopic (exact) mass is 301 g/mol. The maximum atomic E-state index is 12.6. The Hall–Kier alpha value is -2.28. The molecule has 3 rings (SSSR count). The normalized spacial score (nSPS) is 17.9. The molecule has 7 heteroatoms. The van der Waals surface area contributed by atoms with Crippen molar-refractivity contribution in [2.75, 3.05) is 19.8 Å². The molecule has 0 spiro atoms. The van der Waals surface area contributed by atoms with E-state index in [1.807, 2.05) is 13.1 Å². The van der Waals surface area contributed by atoms with Gasteiger partial charge in [0.25, 0.3) is 5.91 Å². The van der Waals surface area contributed by atoms with Crippen molar-refractivity contribution in [3.05, 3.63) is 42.5 Å². The van der Waals surface area contributed by atoms with E-state index in [0.29, 0.717) is 32.0 Å². The number of ether oxygens (including phenoxy) is 1. The van der Waals surface area contributed by atoms with Crippen molar-refractivity contribution in [3.63, 3.8) is 0 Å². The van der Waals surface area contributed by atoms with Gasteiger partial charge in [0.2, 0.25) is 0 Å². The number of carbonyl (C=O) groups is 1. The van der Waals surface area contributed by atoms with E-state index in [9.17, 15) is 4.79 Å². The van der Waals surface area contributed by atoms with Crippen molar-refractivity contribution >= 4 is 5.91 Å². The maximum Gasteiger partial charge on any atom is 0.274 e. The Labute approximate surface area is 129 Å². The summed E-state index contributed by atoms with van der Waals surface area (Å²) in [5, 5.41) is 0.